The molecule has 1 heterocycles. The highest BCUT2D eigenvalue weighted by molar-refractivity contribution is 7.89. The number of anilines is 1. The van der Waals surface area contributed by atoms with E-state index in [1.807, 2.05) is 0 Å². The van der Waals surface area contributed by atoms with Crippen LogP contribution < -0.4 is 10.0 Å². The number of phenols is 1. The summed E-state index contributed by atoms with van der Waals surface area (Å²) in [7, 11) is -3.83. The number of hydrogen-bond donors (Lipinski definition) is 2. The zero-order valence-electron chi connectivity index (χ0n) is 9.21. The average Bonchev–Trinajstić information content (AvgIpc) is 2.60. The van der Waals surface area contributed by atoms with Crippen molar-refractivity contribution in [2.45, 2.75) is 11.7 Å². The summed E-state index contributed by atoms with van der Waals surface area (Å²) < 4.78 is 35.9. The number of phenolic OH excluding ortho intramolecular Hbond substituents is 1. The summed E-state index contributed by atoms with van der Waals surface area (Å²) in [6.45, 7) is -0.181. The number of hydrogen-bond acceptors (Lipinski definition) is 4. The first-order chi connectivity index (χ1) is 8.29. The summed E-state index contributed by atoms with van der Waals surface area (Å²) in [4.78, 5) is 12.7. The van der Waals surface area contributed by atoms with Gasteiger partial charge in [0.2, 0.25) is 15.9 Å². The van der Waals surface area contributed by atoms with Crippen molar-refractivity contribution >= 4 is 21.6 Å². The van der Waals surface area contributed by atoms with Crippen LogP contribution in [0.5, 0.6) is 5.75 Å². The molecule has 0 radical (unpaired) electrons. The largest absolute Gasteiger partial charge is 0.508 e. The maximum atomic E-state index is 13.6. The Balaban J connectivity index is 2.33. The van der Waals surface area contributed by atoms with Crippen molar-refractivity contribution in [1.29, 1.82) is 0 Å². The van der Waals surface area contributed by atoms with E-state index in [9.17, 15) is 17.6 Å². The van der Waals surface area contributed by atoms with Gasteiger partial charge in [-0.1, -0.05) is 0 Å². The van der Waals surface area contributed by atoms with Gasteiger partial charge in [0.15, 0.2) is 5.82 Å². The van der Waals surface area contributed by atoms with Gasteiger partial charge in [-0.2, -0.15) is 0 Å². The standard InChI is InChI=1S/C10H11FN2O4S/c11-8-3-6(14)1-2-9(8)13-5-7(4-10(13)15)18(12,16)17/h1-3,7,14H,4-5H2,(H2,12,16,17). The SMILES string of the molecule is NS(=O)(=O)C1CC(=O)N(c2ccc(O)cc2F)C1. The number of halogens is 1. The van der Waals surface area contributed by atoms with Gasteiger partial charge < -0.3 is 10.0 Å². The van der Waals surface area contributed by atoms with Gasteiger partial charge in [0.1, 0.15) is 11.0 Å². The predicted octanol–water partition coefficient (Wildman–Crippen LogP) is -0.0749. The van der Waals surface area contributed by atoms with Gasteiger partial charge in [0.05, 0.1) is 5.69 Å². The number of rotatable bonds is 2. The Kier molecular flexibility index (Phi) is 2.99. The zero-order chi connectivity index (χ0) is 13.5. The van der Waals surface area contributed by atoms with Crippen molar-refractivity contribution in [2.75, 3.05) is 11.4 Å². The van der Waals surface area contributed by atoms with E-state index in [1.54, 1.807) is 0 Å². The highest BCUT2D eigenvalue weighted by Crippen LogP contribution is 2.28. The molecule has 18 heavy (non-hydrogen) atoms. The van der Waals surface area contributed by atoms with Crippen molar-refractivity contribution in [3.05, 3.63) is 24.0 Å². The van der Waals surface area contributed by atoms with Crippen LogP contribution in [0.25, 0.3) is 0 Å². The molecule has 0 bridgehead atoms. The number of carbonyl (C=O) groups is 1. The fourth-order valence-electron chi connectivity index (χ4n) is 1.84. The quantitative estimate of drug-likeness (QED) is 0.788. The Morgan fingerprint density at radius 2 is 2.11 bits per heavy atom. The number of nitrogens with zero attached hydrogens (tertiary/aromatic N) is 1. The summed E-state index contributed by atoms with van der Waals surface area (Å²) in [5.74, 6) is -1.58. The molecule has 0 aliphatic carbocycles. The molecule has 1 fully saturated rings. The van der Waals surface area contributed by atoms with Gasteiger partial charge in [-0.3, -0.25) is 4.79 Å². The monoisotopic (exact) mass is 274 g/mol. The summed E-state index contributed by atoms with van der Waals surface area (Å²) in [6.07, 6.45) is -0.265. The van der Waals surface area contributed by atoms with Crippen molar-refractivity contribution in [1.82, 2.24) is 0 Å². The van der Waals surface area contributed by atoms with Crippen LogP contribution in [0, 0.1) is 5.82 Å². The summed E-state index contributed by atoms with van der Waals surface area (Å²) in [5, 5.41) is 13.0. The molecule has 1 aliphatic heterocycles. The Hall–Kier alpha value is -1.67. The second-order valence-electron chi connectivity index (χ2n) is 4.06. The number of primary sulfonamides is 1. The molecule has 1 aromatic rings. The van der Waals surface area contributed by atoms with E-state index in [0.717, 1.165) is 11.0 Å². The minimum atomic E-state index is -3.83. The van der Waals surface area contributed by atoms with Crippen LogP contribution in [0.15, 0.2) is 18.2 Å². The molecule has 0 aromatic heterocycles. The fraction of sp³-hybridized carbons (Fsp3) is 0.300. The first kappa shape index (κ1) is 12.8. The number of amides is 1. The molecule has 0 spiro atoms. The maximum Gasteiger partial charge on any atom is 0.228 e. The van der Waals surface area contributed by atoms with E-state index in [2.05, 4.69) is 0 Å². The van der Waals surface area contributed by atoms with Crippen LogP contribution in [0.2, 0.25) is 0 Å². The lowest BCUT2D eigenvalue weighted by molar-refractivity contribution is -0.117. The minimum Gasteiger partial charge on any atom is -0.508 e. The summed E-state index contributed by atoms with van der Waals surface area (Å²) in [5.41, 5.74) is -0.0658. The lowest BCUT2D eigenvalue weighted by Crippen LogP contribution is -2.32. The molecule has 1 atom stereocenters. The third kappa shape index (κ3) is 2.29. The fourth-order valence-corrected chi connectivity index (χ4v) is 2.57. The molecule has 98 valence electrons. The highest BCUT2D eigenvalue weighted by Gasteiger charge is 2.38. The first-order valence-corrected chi connectivity index (χ1v) is 6.70. The third-order valence-electron chi connectivity index (χ3n) is 2.78. The third-order valence-corrected chi connectivity index (χ3v) is 4.02. The second-order valence-corrected chi connectivity index (χ2v) is 5.90. The molecular formula is C10H11FN2O4S. The highest BCUT2D eigenvalue weighted by atomic mass is 32.2. The van der Waals surface area contributed by atoms with Crippen molar-refractivity contribution in [3.63, 3.8) is 0 Å². The van der Waals surface area contributed by atoms with Crippen LogP contribution in [0.3, 0.4) is 0 Å². The van der Waals surface area contributed by atoms with Crippen LogP contribution >= 0.6 is 0 Å². The number of benzene rings is 1. The summed E-state index contributed by atoms with van der Waals surface area (Å²) in [6, 6.07) is 3.29. The van der Waals surface area contributed by atoms with E-state index in [0.29, 0.717) is 0 Å². The molecule has 1 amide bonds. The molecule has 0 saturated carbocycles. The summed E-state index contributed by atoms with van der Waals surface area (Å²) >= 11 is 0. The molecule has 1 aliphatic rings. The Bertz CT molecular complexity index is 602. The van der Waals surface area contributed by atoms with E-state index in [1.165, 1.54) is 12.1 Å². The van der Waals surface area contributed by atoms with Crippen molar-refractivity contribution in [2.24, 2.45) is 5.14 Å². The Morgan fingerprint density at radius 3 is 2.61 bits per heavy atom. The van der Waals surface area contributed by atoms with E-state index < -0.39 is 27.0 Å². The minimum absolute atomic E-state index is 0.0658. The van der Waals surface area contributed by atoms with Gasteiger partial charge in [-0.05, 0) is 12.1 Å². The van der Waals surface area contributed by atoms with Gasteiger partial charge in [-0.25, -0.2) is 17.9 Å². The molecule has 1 aromatic carbocycles. The van der Waals surface area contributed by atoms with Crippen molar-refractivity contribution < 1.29 is 22.7 Å². The number of carbonyl (C=O) groups excluding carboxylic acids is 1. The molecule has 1 saturated heterocycles. The Labute approximate surface area is 103 Å². The van der Waals surface area contributed by atoms with Gasteiger partial charge in [-0.15, -0.1) is 0 Å². The van der Waals surface area contributed by atoms with E-state index in [-0.39, 0.29) is 24.4 Å². The Morgan fingerprint density at radius 1 is 1.44 bits per heavy atom. The van der Waals surface area contributed by atoms with Crippen LogP contribution in [0.4, 0.5) is 10.1 Å². The van der Waals surface area contributed by atoms with Crippen LogP contribution in [-0.2, 0) is 14.8 Å². The topological polar surface area (TPSA) is 101 Å². The molecule has 6 nitrogen and oxygen atoms in total. The second kappa shape index (κ2) is 4.21. The molecule has 3 N–H and O–H groups in total. The zero-order valence-corrected chi connectivity index (χ0v) is 10.0. The maximum absolute atomic E-state index is 13.6. The average molecular weight is 274 g/mol. The number of sulfonamides is 1. The van der Waals surface area contributed by atoms with E-state index in [4.69, 9.17) is 10.2 Å². The molecule has 1 unspecified atom stereocenters. The lowest BCUT2D eigenvalue weighted by atomic mass is 10.2. The van der Waals surface area contributed by atoms with Gasteiger partial charge in [0.25, 0.3) is 0 Å². The smallest absolute Gasteiger partial charge is 0.228 e. The van der Waals surface area contributed by atoms with Gasteiger partial charge in [0, 0.05) is 19.0 Å². The molecule has 2 rings (SSSR count). The van der Waals surface area contributed by atoms with Crippen LogP contribution in [0.1, 0.15) is 6.42 Å². The number of nitrogens with two attached hydrogens (primary N) is 1. The van der Waals surface area contributed by atoms with E-state index >= 15 is 0 Å². The molecular weight excluding hydrogens is 263 g/mol. The van der Waals surface area contributed by atoms with Crippen molar-refractivity contribution in [3.8, 4) is 5.75 Å². The first-order valence-electron chi connectivity index (χ1n) is 5.09. The van der Waals surface area contributed by atoms with Crippen LogP contribution in [-0.4, -0.2) is 31.2 Å². The number of aromatic hydroxyl groups is 1. The lowest BCUT2D eigenvalue weighted by Gasteiger charge is -2.17. The van der Waals surface area contributed by atoms with Gasteiger partial charge >= 0.3 is 0 Å². The normalized spacial score (nSPS) is 20.4. The predicted molar refractivity (Wildman–Crippen MR) is 61.9 cm³/mol. The molecule has 8 heteroatoms.